The number of hydrogen-bond acceptors (Lipinski definition) is 5. The number of piperidine rings is 1. The normalized spacial score (nSPS) is 14.3. The highest BCUT2D eigenvalue weighted by Gasteiger charge is 2.28. The summed E-state index contributed by atoms with van der Waals surface area (Å²) in [5, 5.41) is 4.73. The third kappa shape index (κ3) is 6.97. The Morgan fingerprint density at radius 1 is 1.00 bits per heavy atom. The topological polar surface area (TPSA) is 82.1 Å². The molecule has 1 fully saturated rings. The number of carbonyl (C=O) groups is 1. The molecule has 0 aliphatic carbocycles. The van der Waals surface area contributed by atoms with Gasteiger partial charge in [0, 0.05) is 43.2 Å². The number of nitrogens with one attached hydrogen (secondary N) is 1. The van der Waals surface area contributed by atoms with Crippen molar-refractivity contribution in [3.8, 4) is 0 Å². The third-order valence-corrected chi connectivity index (χ3v) is 8.56. The fraction of sp³-hybridized carbons (Fsp3) is 0.286. The zero-order valence-electron chi connectivity index (χ0n) is 21.0. The number of anilines is 1. The number of halogens is 1. The van der Waals surface area contributed by atoms with E-state index in [0.29, 0.717) is 10.7 Å². The lowest BCUT2D eigenvalue weighted by atomic mass is 10.1. The Bertz CT molecular complexity index is 1370. The predicted molar refractivity (Wildman–Crippen MR) is 148 cm³/mol. The van der Waals surface area contributed by atoms with Gasteiger partial charge in [-0.15, -0.1) is 0 Å². The highest BCUT2D eigenvalue weighted by atomic mass is 35.5. The Labute approximate surface area is 223 Å². The van der Waals surface area contributed by atoms with E-state index in [1.165, 1.54) is 17.7 Å². The second-order valence-electron chi connectivity index (χ2n) is 9.23. The van der Waals surface area contributed by atoms with E-state index in [-0.39, 0.29) is 4.90 Å². The Hall–Kier alpha value is -3.20. The molecule has 1 aliphatic heterocycles. The minimum absolute atomic E-state index is 0.0969. The molecule has 0 saturated carbocycles. The molecule has 3 aromatic carbocycles. The molecule has 1 aliphatic rings. The van der Waals surface area contributed by atoms with Crippen molar-refractivity contribution in [3.05, 3.63) is 94.5 Å². The number of likely N-dealkylation sites (tertiary alicyclic amines) is 1. The molecule has 0 bridgehead atoms. The lowest BCUT2D eigenvalue weighted by Crippen LogP contribution is -2.40. The van der Waals surface area contributed by atoms with Crippen molar-refractivity contribution in [2.45, 2.75) is 38.1 Å². The molecule has 1 heterocycles. The van der Waals surface area contributed by atoms with Crippen molar-refractivity contribution < 1.29 is 13.2 Å². The first-order valence-electron chi connectivity index (χ1n) is 12.2. The molecular weight excluding hydrogens is 508 g/mol. The van der Waals surface area contributed by atoms with Crippen molar-refractivity contribution in [3.63, 3.8) is 0 Å². The maximum Gasteiger partial charge on any atom is 0.264 e. The molecular formula is C28H31ClN4O3S. The molecule has 194 valence electrons. The predicted octanol–water partition coefficient (Wildman–Crippen LogP) is 4.92. The number of sulfonamides is 1. The Morgan fingerprint density at radius 3 is 2.32 bits per heavy atom. The molecule has 1 N–H and O–H groups in total. The van der Waals surface area contributed by atoms with Crippen LogP contribution in [0.25, 0.3) is 0 Å². The Kier molecular flexibility index (Phi) is 8.63. The first-order valence-corrected chi connectivity index (χ1v) is 14.0. The van der Waals surface area contributed by atoms with Crippen LogP contribution in [-0.4, -0.2) is 44.6 Å². The van der Waals surface area contributed by atoms with E-state index in [9.17, 15) is 13.2 Å². The van der Waals surface area contributed by atoms with E-state index in [2.05, 4.69) is 27.6 Å². The molecule has 0 aromatic heterocycles. The summed E-state index contributed by atoms with van der Waals surface area (Å²) < 4.78 is 28.1. The van der Waals surface area contributed by atoms with Crippen molar-refractivity contribution in [2.75, 3.05) is 23.9 Å². The molecule has 0 atom stereocenters. The third-order valence-electron chi connectivity index (χ3n) is 6.36. The molecule has 37 heavy (non-hydrogen) atoms. The van der Waals surface area contributed by atoms with E-state index in [1.807, 2.05) is 32.0 Å². The van der Waals surface area contributed by atoms with Crippen LogP contribution in [0, 0.1) is 13.8 Å². The molecule has 4 rings (SSSR count). The minimum Gasteiger partial charge on any atom is -0.298 e. The van der Waals surface area contributed by atoms with Crippen molar-refractivity contribution in [2.24, 2.45) is 5.10 Å². The molecule has 0 spiro atoms. The van der Waals surface area contributed by atoms with Crippen LogP contribution in [0.15, 0.2) is 82.8 Å². The maximum atomic E-state index is 13.5. The number of hydrogen-bond donors (Lipinski definition) is 1. The molecule has 9 heteroatoms. The van der Waals surface area contributed by atoms with Gasteiger partial charge in [0.25, 0.3) is 15.9 Å². The summed E-state index contributed by atoms with van der Waals surface area (Å²) in [7, 11) is -4.02. The van der Waals surface area contributed by atoms with Crippen molar-refractivity contribution in [1.82, 2.24) is 10.3 Å². The van der Waals surface area contributed by atoms with Gasteiger partial charge in [-0.2, -0.15) is 5.10 Å². The first kappa shape index (κ1) is 26.9. The van der Waals surface area contributed by atoms with Gasteiger partial charge in [0.1, 0.15) is 6.54 Å². The number of benzene rings is 3. The van der Waals surface area contributed by atoms with Gasteiger partial charge in [0.05, 0.1) is 10.6 Å². The van der Waals surface area contributed by atoms with Crippen LogP contribution in [0.5, 0.6) is 0 Å². The molecule has 1 amide bonds. The summed E-state index contributed by atoms with van der Waals surface area (Å²) >= 11 is 6.29. The summed E-state index contributed by atoms with van der Waals surface area (Å²) in [5.41, 5.74) is 6.79. The van der Waals surface area contributed by atoms with Crippen LogP contribution in [0.1, 0.15) is 29.5 Å². The molecule has 3 aromatic rings. The van der Waals surface area contributed by atoms with Gasteiger partial charge in [0.15, 0.2) is 0 Å². The lowest BCUT2D eigenvalue weighted by molar-refractivity contribution is -0.119. The quantitative estimate of drug-likeness (QED) is 0.413. The van der Waals surface area contributed by atoms with Gasteiger partial charge >= 0.3 is 0 Å². The zero-order valence-corrected chi connectivity index (χ0v) is 22.6. The van der Waals surface area contributed by atoms with Crippen LogP contribution < -0.4 is 9.73 Å². The van der Waals surface area contributed by atoms with Gasteiger partial charge in [0.2, 0.25) is 0 Å². The SMILES string of the molecule is Cc1ccc(S(=O)(=O)N(CC(=O)NN=C2CCN(Cc3ccccc3)CC2)c2ccc(C)c(Cl)c2)cc1. The van der Waals surface area contributed by atoms with Crippen molar-refractivity contribution >= 4 is 38.9 Å². The monoisotopic (exact) mass is 538 g/mol. The maximum absolute atomic E-state index is 13.5. The summed E-state index contributed by atoms with van der Waals surface area (Å²) in [6, 6.07) is 21.8. The van der Waals surface area contributed by atoms with Gasteiger partial charge in [-0.05, 0) is 49.2 Å². The number of aryl methyl sites for hydroxylation is 2. The van der Waals surface area contributed by atoms with Crippen LogP contribution in [-0.2, 0) is 21.4 Å². The summed E-state index contributed by atoms with van der Waals surface area (Å²) in [5.74, 6) is -0.522. The van der Waals surface area contributed by atoms with E-state index in [1.54, 1.807) is 30.3 Å². The number of nitrogens with zero attached hydrogens (tertiary/aromatic N) is 3. The van der Waals surface area contributed by atoms with Gasteiger partial charge in [-0.1, -0.05) is 65.7 Å². The van der Waals surface area contributed by atoms with E-state index in [4.69, 9.17) is 11.6 Å². The second-order valence-corrected chi connectivity index (χ2v) is 11.5. The smallest absolute Gasteiger partial charge is 0.264 e. The van der Waals surface area contributed by atoms with Crippen LogP contribution in [0.4, 0.5) is 5.69 Å². The molecule has 1 saturated heterocycles. The van der Waals surface area contributed by atoms with Crippen LogP contribution in [0.3, 0.4) is 0 Å². The first-order chi connectivity index (χ1) is 17.7. The van der Waals surface area contributed by atoms with Crippen LogP contribution >= 0.6 is 11.6 Å². The second kappa shape index (κ2) is 11.9. The summed E-state index contributed by atoms with van der Waals surface area (Å²) in [6.07, 6.45) is 1.48. The number of carbonyl (C=O) groups excluding carboxylic acids is 1. The Balaban J connectivity index is 1.44. The zero-order chi connectivity index (χ0) is 26.4. The summed E-state index contributed by atoms with van der Waals surface area (Å²) in [4.78, 5) is 15.3. The highest BCUT2D eigenvalue weighted by Crippen LogP contribution is 2.28. The molecule has 7 nitrogen and oxygen atoms in total. The molecule has 0 radical (unpaired) electrons. The van der Waals surface area contributed by atoms with E-state index >= 15 is 0 Å². The average Bonchev–Trinajstić information content (AvgIpc) is 2.89. The van der Waals surface area contributed by atoms with Gasteiger partial charge in [-0.3, -0.25) is 14.0 Å². The minimum atomic E-state index is -4.02. The fourth-order valence-electron chi connectivity index (χ4n) is 4.12. The van der Waals surface area contributed by atoms with Gasteiger partial charge in [-0.25, -0.2) is 13.8 Å². The van der Waals surface area contributed by atoms with E-state index in [0.717, 1.165) is 53.6 Å². The van der Waals surface area contributed by atoms with E-state index < -0.39 is 22.5 Å². The lowest BCUT2D eigenvalue weighted by Gasteiger charge is -2.27. The summed E-state index contributed by atoms with van der Waals surface area (Å²) in [6.45, 7) is 5.86. The highest BCUT2D eigenvalue weighted by molar-refractivity contribution is 7.92. The van der Waals surface area contributed by atoms with Gasteiger partial charge < -0.3 is 0 Å². The number of hydrazone groups is 1. The van der Waals surface area contributed by atoms with Crippen molar-refractivity contribution in [1.29, 1.82) is 0 Å². The Morgan fingerprint density at radius 2 is 1.68 bits per heavy atom. The fourth-order valence-corrected chi connectivity index (χ4v) is 5.71. The van der Waals surface area contributed by atoms with Crippen LogP contribution in [0.2, 0.25) is 5.02 Å². The molecule has 0 unspecified atom stereocenters. The number of rotatable bonds is 8. The standard InChI is InChI=1S/C28H31ClN4O3S/c1-21-8-12-26(13-9-21)37(35,36)33(25-11-10-22(2)27(29)18-25)20-28(34)31-30-24-14-16-32(17-15-24)19-23-6-4-3-5-7-23/h3-13,18H,14-17,19-20H2,1-2H3,(H,31,34). The largest absolute Gasteiger partial charge is 0.298 e. The number of amides is 1. The average molecular weight is 539 g/mol.